The Kier molecular flexibility index (Phi) is 6.46. The van der Waals surface area contributed by atoms with Gasteiger partial charge in [0.15, 0.2) is 6.10 Å². The van der Waals surface area contributed by atoms with Gasteiger partial charge in [0.1, 0.15) is 0 Å². The molecule has 2 amide bonds. The van der Waals surface area contributed by atoms with Crippen molar-refractivity contribution in [1.82, 2.24) is 10.2 Å². The van der Waals surface area contributed by atoms with Crippen LogP contribution in [0.1, 0.15) is 32.6 Å². The Morgan fingerprint density at radius 1 is 1.27 bits per heavy atom. The van der Waals surface area contributed by atoms with Crippen LogP contribution in [0.4, 0.5) is 18.0 Å². The standard InChI is InChI=1S/C13H21F3N2O4/c1-2-18(7-10(19)13(14,15)16)12(22)17-9-5-3-8(4-6-9)11(20)21/h8-10,19H,2-7H2,1H3,(H,17,22)(H,20,21). The van der Waals surface area contributed by atoms with Gasteiger partial charge in [-0.2, -0.15) is 13.2 Å². The van der Waals surface area contributed by atoms with Gasteiger partial charge in [-0.25, -0.2) is 4.79 Å². The van der Waals surface area contributed by atoms with E-state index < -0.39 is 36.7 Å². The number of nitrogens with zero attached hydrogens (tertiary/aromatic N) is 1. The first-order valence-corrected chi connectivity index (χ1v) is 7.18. The van der Waals surface area contributed by atoms with Crippen molar-refractivity contribution in [2.24, 2.45) is 5.92 Å². The number of halogens is 3. The van der Waals surface area contributed by atoms with Gasteiger partial charge < -0.3 is 20.4 Å². The van der Waals surface area contributed by atoms with E-state index >= 15 is 0 Å². The first-order chi connectivity index (χ1) is 10.1. The van der Waals surface area contributed by atoms with Crippen LogP contribution in [0, 0.1) is 5.92 Å². The number of aliphatic carboxylic acids is 1. The molecule has 1 fully saturated rings. The Bertz CT molecular complexity index is 395. The average molecular weight is 326 g/mol. The smallest absolute Gasteiger partial charge is 0.416 e. The van der Waals surface area contributed by atoms with Crippen LogP contribution in [-0.4, -0.2) is 58.5 Å². The second kappa shape index (κ2) is 7.66. The molecule has 1 atom stereocenters. The molecule has 0 heterocycles. The Morgan fingerprint density at radius 2 is 1.82 bits per heavy atom. The maximum atomic E-state index is 12.3. The van der Waals surface area contributed by atoms with E-state index in [1.165, 1.54) is 6.92 Å². The fourth-order valence-corrected chi connectivity index (χ4v) is 2.42. The fourth-order valence-electron chi connectivity index (χ4n) is 2.42. The van der Waals surface area contributed by atoms with Crippen LogP contribution in [-0.2, 0) is 4.79 Å². The van der Waals surface area contributed by atoms with E-state index in [1.54, 1.807) is 0 Å². The third-order valence-electron chi connectivity index (χ3n) is 3.84. The third-order valence-corrected chi connectivity index (χ3v) is 3.84. The minimum absolute atomic E-state index is 0.0312. The molecule has 0 radical (unpaired) electrons. The van der Waals surface area contributed by atoms with E-state index in [0.717, 1.165) is 4.90 Å². The van der Waals surface area contributed by atoms with E-state index in [9.17, 15) is 22.8 Å². The largest absolute Gasteiger partial charge is 0.481 e. The Morgan fingerprint density at radius 3 is 2.23 bits per heavy atom. The van der Waals surface area contributed by atoms with Gasteiger partial charge in [0.05, 0.1) is 12.5 Å². The molecule has 1 aliphatic rings. The number of hydrogen-bond acceptors (Lipinski definition) is 3. The zero-order valence-electron chi connectivity index (χ0n) is 12.3. The number of carboxylic acid groups (broad SMARTS) is 1. The molecular formula is C13H21F3N2O4. The SMILES string of the molecule is CCN(CC(O)C(F)(F)F)C(=O)NC1CCC(C(=O)O)CC1. The topological polar surface area (TPSA) is 89.9 Å². The first kappa shape index (κ1) is 18.5. The predicted octanol–water partition coefficient (Wildman–Crippen LogP) is 1.58. The van der Waals surface area contributed by atoms with Crippen LogP contribution in [0.25, 0.3) is 0 Å². The number of aliphatic hydroxyl groups excluding tert-OH is 1. The van der Waals surface area contributed by atoms with Crippen LogP contribution in [0.5, 0.6) is 0 Å². The van der Waals surface area contributed by atoms with Crippen molar-refractivity contribution in [3.05, 3.63) is 0 Å². The van der Waals surface area contributed by atoms with Gasteiger partial charge in [0.25, 0.3) is 0 Å². The second-order valence-corrected chi connectivity index (χ2v) is 5.43. The molecule has 1 unspecified atom stereocenters. The number of urea groups is 1. The lowest BCUT2D eigenvalue weighted by Crippen LogP contribution is -2.50. The van der Waals surface area contributed by atoms with Crippen molar-refractivity contribution < 1.29 is 33.0 Å². The summed E-state index contributed by atoms with van der Waals surface area (Å²) in [5, 5.41) is 20.5. The van der Waals surface area contributed by atoms with Crippen molar-refractivity contribution in [1.29, 1.82) is 0 Å². The maximum Gasteiger partial charge on any atom is 0.416 e. The van der Waals surface area contributed by atoms with Crippen LogP contribution < -0.4 is 5.32 Å². The lowest BCUT2D eigenvalue weighted by Gasteiger charge is -2.30. The number of carbonyl (C=O) groups excluding carboxylic acids is 1. The van der Waals surface area contributed by atoms with Crippen LogP contribution in [0.3, 0.4) is 0 Å². The lowest BCUT2D eigenvalue weighted by molar-refractivity contribution is -0.206. The minimum Gasteiger partial charge on any atom is -0.481 e. The third kappa shape index (κ3) is 5.36. The Labute approximate surface area is 126 Å². The number of carbonyl (C=O) groups is 2. The summed E-state index contributed by atoms with van der Waals surface area (Å²) < 4.78 is 37.0. The predicted molar refractivity (Wildman–Crippen MR) is 71.2 cm³/mol. The van der Waals surface area contributed by atoms with E-state index in [4.69, 9.17) is 10.2 Å². The highest BCUT2D eigenvalue weighted by Crippen LogP contribution is 2.25. The van der Waals surface area contributed by atoms with Crippen LogP contribution in [0.2, 0.25) is 0 Å². The highest BCUT2D eigenvalue weighted by molar-refractivity contribution is 5.74. The zero-order chi connectivity index (χ0) is 16.9. The van der Waals surface area contributed by atoms with Crippen molar-refractivity contribution in [3.8, 4) is 0 Å². The quantitative estimate of drug-likeness (QED) is 0.715. The summed E-state index contributed by atoms with van der Waals surface area (Å²) in [4.78, 5) is 23.7. The summed E-state index contributed by atoms with van der Waals surface area (Å²) in [6, 6.07) is -0.926. The van der Waals surface area contributed by atoms with Gasteiger partial charge in [-0.05, 0) is 32.6 Å². The minimum atomic E-state index is -4.77. The van der Waals surface area contributed by atoms with Gasteiger partial charge in [0.2, 0.25) is 0 Å². The lowest BCUT2D eigenvalue weighted by atomic mass is 9.86. The molecule has 1 rings (SSSR count). The van der Waals surface area contributed by atoms with Crippen molar-refractivity contribution in [2.75, 3.05) is 13.1 Å². The Balaban J connectivity index is 2.47. The molecule has 22 heavy (non-hydrogen) atoms. The summed E-state index contributed by atoms with van der Waals surface area (Å²) in [5.41, 5.74) is 0. The molecule has 1 aliphatic carbocycles. The molecule has 0 saturated heterocycles. The van der Waals surface area contributed by atoms with Crippen molar-refractivity contribution >= 4 is 12.0 Å². The summed E-state index contributed by atoms with van der Waals surface area (Å²) in [7, 11) is 0. The molecule has 9 heteroatoms. The fraction of sp³-hybridized carbons (Fsp3) is 0.846. The van der Waals surface area contributed by atoms with E-state index in [-0.39, 0.29) is 12.6 Å². The maximum absolute atomic E-state index is 12.3. The van der Waals surface area contributed by atoms with Crippen molar-refractivity contribution in [3.63, 3.8) is 0 Å². The highest BCUT2D eigenvalue weighted by Gasteiger charge is 2.40. The Hall–Kier alpha value is -1.51. The van der Waals surface area contributed by atoms with Gasteiger partial charge >= 0.3 is 18.2 Å². The number of likely N-dealkylation sites (N-methyl/N-ethyl adjacent to an activating group) is 1. The molecular weight excluding hydrogens is 305 g/mol. The number of hydrogen-bond donors (Lipinski definition) is 3. The number of aliphatic hydroxyl groups is 1. The summed E-state index contributed by atoms with van der Waals surface area (Å²) in [6.45, 7) is 0.726. The summed E-state index contributed by atoms with van der Waals surface area (Å²) in [6.07, 6.45) is -5.55. The highest BCUT2D eigenvalue weighted by atomic mass is 19.4. The number of rotatable bonds is 5. The monoisotopic (exact) mass is 326 g/mol. The molecule has 0 aromatic rings. The zero-order valence-corrected chi connectivity index (χ0v) is 12.3. The molecule has 0 aromatic carbocycles. The molecule has 128 valence electrons. The average Bonchev–Trinajstić information content (AvgIpc) is 2.43. The molecule has 0 spiro atoms. The van der Waals surface area contributed by atoms with Gasteiger partial charge in [-0.15, -0.1) is 0 Å². The molecule has 0 aliphatic heterocycles. The molecule has 1 saturated carbocycles. The van der Waals surface area contributed by atoms with Gasteiger partial charge in [-0.1, -0.05) is 0 Å². The summed E-state index contributed by atoms with van der Waals surface area (Å²) >= 11 is 0. The number of alkyl halides is 3. The van der Waals surface area contributed by atoms with Gasteiger partial charge in [0, 0.05) is 12.6 Å². The second-order valence-electron chi connectivity index (χ2n) is 5.43. The molecule has 3 N–H and O–H groups in total. The summed E-state index contributed by atoms with van der Waals surface area (Å²) in [5.74, 6) is -1.30. The van der Waals surface area contributed by atoms with Crippen LogP contribution in [0.15, 0.2) is 0 Å². The first-order valence-electron chi connectivity index (χ1n) is 7.18. The number of carboxylic acids is 1. The molecule has 0 bridgehead atoms. The number of amides is 2. The van der Waals surface area contributed by atoms with E-state index in [2.05, 4.69) is 5.32 Å². The molecule has 6 nitrogen and oxygen atoms in total. The van der Waals surface area contributed by atoms with Gasteiger partial charge in [-0.3, -0.25) is 4.79 Å². The van der Waals surface area contributed by atoms with E-state index in [0.29, 0.717) is 25.7 Å². The van der Waals surface area contributed by atoms with Crippen LogP contribution >= 0.6 is 0 Å². The van der Waals surface area contributed by atoms with Crippen molar-refractivity contribution in [2.45, 2.75) is 50.9 Å². The normalized spacial score (nSPS) is 23.7. The van der Waals surface area contributed by atoms with E-state index in [1.807, 2.05) is 0 Å². The number of nitrogens with one attached hydrogen (secondary N) is 1. The molecule has 0 aromatic heterocycles.